The van der Waals surface area contributed by atoms with E-state index in [0.29, 0.717) is 42.1 Å². The number of thiophene rings is 1. The molecule has 3 aliphatic rings. The smallest absolute Gasteiger partial charge is 0.363 e. The molecule has 2 aliphatic heterocycles. The lowest BCUT2D eigenvalue weighted by Crippen LogP contribution is -2.49. The Labute approximate surface area is 259 Å². The normalized spacial score (nSPS) is 20.5. The van der Waals surface area contributed by atoms with Crippen LogP contribution in [-0.2, 0) is 32.8 Å². The Morgan fingerprint density at radius 1 is 1.25 bits per heavy atom. The predicted octanol–water partition coefficient (Wildman–Crippen LogP) is 5.37. The molecule has 1 saturated heterocycles. The van der Waals surface area contributed by atoms with E-state index in [1.807, 2.05) is 13.0 Å². The number of halogens is 3. The van der Waals surface area contributed by atoms with E-state index in [0.717, 1.165) is 29.7 Å². The van der Waals surface area contributed by atoms with Crippen molar-refractivity contribution >= 4 is 33.3 Å². The molecule has 0 aromatic carbocycles. The van der Waals surface area contributed by atoms with Gasteiger partial charge in [-0.3, -0.25) is 14.7 Å². The first kappa shape index (κ1) is 32.5. The summed E-state index contributed by atoms with van der Waals surface area (Å²) in [6.07, 6.45) is 4.71. The second-order valence-corrected chi connectivity index (χ2v) is 14.9. The molecule has 2 aromatic rings. The molecule has 238 valence electrons. The van der Waals surface area contributed by atoms with E-state index in [1.165, 1.54) is 36.0 Å². The summed E-state index contributed by atoms with van der Waals surface area (Å²) >= 11 is 1.43. The summed E-state index contributed by atoms with van der Waals surface area (Å²) in [7, 11) is -3.40. The van der Waals surface area contributed by atoms with Crippen molar-refractivity contribution in [1.29, 1.82) is 0 Å². The van der Waals surface area contributed by atoms with Crippen LogP contribution in [0, 0.1) is 0 Å². The Kier molecular flexibility index (Phi) is 8.93. The predicted molar refractivity (Wildman–Crippen MR) is 162 cm³/mol. The Balaban J connectivity index is 1.25. The molecule has 14 heteroatoms. The molecular weight excluding hydrogens is 615 g/mol. The monoisotopic (exact) mass is 651 g/mol. The first-order valence-electron chi connectivity index (χ1n) is 14.6. The number of aromatic nitrogens is 2. The van der Waals surface area contributed by atoms with Gasteiger partial charge in [-0.1, -0.05) is 19.6 Å². The Bertz CT molecular complexity index is 1590. The van der Waals surface area contributed by atoms with E-state index in [4.69, 9.17) is 4.74 Å². The molecule has 1 unspecified atom stereocenters. The number of alkyl halides is 3. The number of carbonyl (C=O) groups excluding carboxylic acids is 1. The average Bonchev–Trinajstić information content (AvgIpc) is 3.58. The van der Waals surface area contributed by atoms with Crippen LogP contribution in [-0.4, -0.2) is 66.4 Å². The molecule has 1 aliphatic carbocycles. The zero-order valence-electron chi connectivity index (χ0n) is 24.9. The fraction of sp³-hybridized carbons (Fsp3) is 0.533. The highest BCUT2D eigenvalue weighted by molar-refractivity contribution is 7.96. The van der Waals surface area contributed by atoms with Crippen LogP contribution >= 0.6 is 11.3 Å². The van der Waals surface area contributed by atoms with Crippen LogP contribution in [0.25, 0.3) is 0 Å². The number of piperidine rings is 1. The number of nitrogens with zero attached hydrogens (tertiary/aromatic N) is 4. The molecule has 1 amide bonds. The van der Waals surface area contributed by atoms with Crippen molar-refractivity contribution in [3.05, 3.63) is 68.4 Å². The minimum absolute atomic E-state index is 0.0391. The minimum Gasteiger partial charge on any atom is -0.363 e. The molecule has 9 nitrogen and oxygen atoms in total. The lowest BCUT2D eigenvalue weighted by molar-refractivity contribution is -0.153. The van der Waals surface area contributed by atoms with E-state index in [9.17, 15) is 26.4 Å². The number of fused-ring (bicyclic) bond motifs is 2. The Morgan fingerprint density at radius 3 is 2.48 bits per heavy atom. The van der Waals surface area contributed by atoms with Gasteiger partial charge in [0.1, 0.15) is 5.60 Å². The van der Waals surface area contributed by atoms with Crippen molar-refractivity contribution in [3.63, 3.8) is 0 Å². The summed E-state index contributed by atoms with van der Waals surface area (Å²) in [5, 5.41) is 2.84. The van der Waals surface area contributed by atoms with Crippen LogP contribution in [0.3, 0.4) is 0 Å². The highest BCUT2D eigenvalue weighted by Crippen LogP contribution is 2.57. The van der Waals surface area contributed by atoms with Crippen LogP contribution in [0.2, 0.25) is 0 Å². The number of likely N-dealkylation sites (tertiary alicyclic amines) is 1. The molecule has 5 rings (SSSR count). The van der Waals surface area contributed by atoms with Gasteiger partial charge in [0.2, 0.25) is 5.82 Å². The lowest BCUT2D eigenvalue weighted by Gasteiger charge is -2.47. The average molecular weight is 652 g/mol. The summed E-state index contributed by atoms with van der Waals surface area (Å²) in [6, 6.07) is 1.78. The van der Waals surface area contributed by atoms with Gasteiger partial charge in [-0.15, -0.1) is 11.3 Å². The molecule has 2 fully saturated rings. The van der Waals surface area contributed by atoms with Crippen molar-refractivity contribution in [2.45, 2.75) is 76.3 Å². The topological polar surface area (TPSA) is 114 Å². The van der Waals surface area contributed by atoms with Crippen LogP contribution in [0.15, 0.2) is 46.7 Å². The van der Waals surface area contributed by atoms with Gasteiger partial charge in [0, 0.05) is 54.6 Å². The van der Waals surface area contributed by atoms with E-state index in [2.05, 4.69) is 31.8 Å². The third-order valence-corrected chi connectivity index (χ3v) is 11.8. The zero-order chi connectivity index (χ0) is 31.9. The summed E-state index contributed by atoms with van der Waals surface area (Å²) in [4.78, 5) is 28.3. The maximum absolute atomic E-state index is 13.2. The van der Waals surface area contributed by atoms with Gasteiger partial charge in [0.15, 0.2) is 9.84 Å². The molecule has 1 saturated carbocycles. The van der Waals surface area contributed by atoms with Gasteiger partial charge >= 0.3 is 6.18 Å². The molecule has 2 aromatic heterocycles. The number of hydrogen-bond acceptors (Lipinski definition) is 9. The Morgan fingerprint density at radius 2 is 1.91 bits per heavy atom. The number of hydrogen-bond donors (Lipinski definition) is 1. The fourth-order valence-electron chi connectivity index (χ4n) is 5.80. The quantitative estimate of drug-likeness (QED) is 0.363. The molecular formula is C30H36F3N5O4S2. The van der Waals surface area contributed by atoms with E-state index in [-0.39, 0.29) is 34.8 Å². The van der Waals surface area contributed by atoms with Crippen molar-refractivity contribution < 1.29 is 31.1 Å². The standard InChI is InChI=1S/C30H36F3N5O4S2/c1-5-23(44(40,41)6-2)18-34-19(3)15-35-26(39)24-13-21-14-28(7-8-28)42-29(25(21)43-24)9-11-38(12-10-29)20(4)22-16-36-27(37-17-22)30(31,32)33/h5,13,16-18,20H,3,6-12,14-15H2,1-2,4H3,(H,35,39)/b23-5+,34-18-. The summed E-state index contributed by atoms with van der Waals surface area (Å²) in [6.45, 7) is 10.4. The van der Waals surface area contributed by atoms with Crippen LogP contribution in [0.5, 0.6) is 0 Å². The number of rotatable bonds is 9. The number of amides is 1. The van der Waals surface area contributed by atoms with Crippen molar-refractivity contribution in [3.8, 4) is 0 Å². The highest BCUT2D eigenvalue weighted by atomic mass is 32.2. The lowest BCUT2D eigenvalue weighted by atomic mass is 9.82. The third kappa shape index (κ3) is 6.68. The van der Waals surface area contributed by atoms with E-state index in [1.54, 1.807) is 13.8 Å². The van der Waals surface area contributed by atoms with E-state index < -0.39 is 27.4 Å². The molecule has 1 N–H and O–H groups in total. The van der Waals surface area contributed by atoms with Gasteiger partial charge in [0.25, 0.3) is 5.91 Å². The first-order chi connectivity index (χ1) is 20.7. The van der Waals surface area contributed by atoms with Crippen molar-refractivity contribution in [2.75, 3.05) is 25.4 Å². The molecule has 2 spiro atoms. The molecule has 4 heterocycles. The SMILES string of the molecule is C=C(CNC(=O)c1cc2c(s1)C1(CCN(C(C)c3cnc(C(F)(F)F)nc3)CC1)OC1(CC1)C2)/N=C\C(=C/C)S(=O)(=O)CC. The second-order valence-electron chi connectivity index (χ2n) is 11.6. The second kappa shape index (κ2) is 12.1. The summed E-state index contributed by atoms with van der Waals surface area (Å²) in [5.41, 5.74) is 1.33. The third-order valence-electron chi connectivity index (χ3n) is 8.59. The van der Waals surface area contributed by atoms with Crippen LogP contribution in [0.1, 0.15) is 84.0 Å². The van der Waals surface area contributed by atoms with E-state index >= 15 is 0 Å². The van der Waals surface area contributed by atoms with Gasteiger partial charge in [-0.2, -0.15) is 13.2 Å². The van der Waals surface area contributed by atoms with Gasteiger partial charge in [-0.25, -0.2) is 18.4 Å². The maximum atomic E-state index is 13.2. The van der Waals surface area contributed by atoms with Gasteiger partial charge in [0.05, 0.1) is 33.4 Å². The van der Waals surface area contributed by atoms with Gasteiger partial charge < -0.3 is 10.1 Å². The Hall–Kier alpha value is -2.94. The number of ether oxygens (including phenoxy) is 1. The first-order valence-corrected chi connectivity index (χ1v) is 17.0. The number of aliphatic imine (C=N–C) groups is 1. The number of carbonyl (C=O) groups is 1. The van der Waals surface area contributed by atoms with Crippen LogP contribution < -0.4 is 5.32 Å². The molecule has 1 atom stereocenters. The van der Waals surface area contributed by atoms with Gasteiger partial charge in [-0.05, 0) is 51.2 Å². The van der Waals surface area contributed by atoms with Crippen molar-refractivity contribution in [2.24, 2.45) is 4.99 Å². The fourth-order valence-corrected chi connectivity index (χ4v) is 7.99. The van der Waals surface area contributed by atoms with Crippen molar-refractivity contribution in [1.82, 2.24) is 20.2 Å². The summed E-state index contributed by atoms with van der Waals surface area (Å²) in [5.74, 6) is -1.45. The number of sulfone groups is 1. The zero-order valence-corrected chi connectivity index (χ0v) is 26.5. The number of allylic oxidation sites excluding steroid dienone is 2. The summed E-state index contributed by atoms with van der Waals surface area (Å²) < 4.78 is 69.8. The molecule has 0 radical (unpaired) electrons. The van der Waals surface area contributed by atoms with Crippen LogP contribution in [0.4, 0.5) is 13.2 Å². The number of nitrogens with one attached hydrogen (secondary N) is 1. The largest absolute Gasteiger partial charge is 0.451 e. The highest BCUT2D eigenvalue weighted by Gasteiger charge is 2.56. The molecule has 0 bridgehead atoms. The maximum Gasteiger partial charge on any atom is 0.451 e. The minimum atomic E-state index is -4.58. The molecule has 44 heavy (non-hydrogen) atoms.